The smallest absolute Gasteiger partial charge is 0.122 e. The Bertz CT molecular complexity index is 360. The summed E-state index contributed by atoms with van der Waals surface area (Å²) in [6.07, 6.45) is 14.0. The molecule has 3 heteroatoms. The van der Waals surface area contributed by atoms with Crippen LogP contribution in [0.25, 0.3) is 0 Å². The predicted octanol–water partition coefficient (Wildman–Crippen LogP) is 3.06. The fourth-order valence-electron chi connectivity index (χ4n) is 3.45. The highest BCUT2D eigenvalue weighted by Crippen LogP contribution is 2.25. The first kappa shape index (κ1) is 12.2. The van der Waals surface area contributed by atoms with Crippen molar-refractivity contribution in [1.29, 1.82) is 0 Å². The molecule has 0 unspecified atom stereocenters. The fraction of sp³-hybridized carbons (Fsp3) is 0.800. The normalized spacial score (nSPS) is 22.7. The SMILES string of the molecule is c1cn(CC2CCCCC2)c(CN2CCCC2)n1. The number of likely N-dealkylation sites (tertiary alicyclic amines) is 1. The first-order valence-corrected chi connectivity index (χ1v) is 7.64. The molecular weight excluding hydrogens is 222 g/mol. The minimum atomic E-state index is 0.894. The molecule has 100 valence electrons. The molecule has 0 atom stereocenters. The number of aromatic nitrogens is 2. The molecule has 1 saturated heterocycles. The first-order valence-electron chi connectivity index (χ1n) is 7.64. The van der Waals surface area contributed by atoms with E-state index in [9.17, 15) is 0 Å². The molecule has 0 bridgehead atoms. The third kappa shape index (κ3) is 2.94. The highest BCUT2D eigenvalue weighted by Gasteiger charge is 2.17. The van der Waals surface area contributed by atoms with E-state index in [1.807, 2.05) is 6.20 Å². The molecule has 1 aromatic rings. The van der Waals surface area contributed by atoms with E-state index in [1.165, 1.54) is 70.4 Å². The summed E-state index contributed by atoms with van der Waals surface area (Å²) in [4.78, 5) is 7.11. The van der Waals surface area contributed by atoms with Gasteiger partial charge >= 0.3 is 0 Å². The standard InChI is InChI=1S/C15H25N3/c1-2-6-14(7-3-1)12-18-11-8-16-15(18)13-17-9-4-5-10-17/h8,11,14H,1-7,9-10,12-13H2. The maximum absolute atomic E-state index is 4.57. The second-order valence-corrected chi connectivity index (χ2v) is 5.98. The highest BCUT2D eigenvalue weighted by atomic mass is 15.2. The van der Waals surface area contributed by atoms with E-state index in [4.69, 9.17) is 0 Å². The van der Waals surface area contributed by atoms with Crippen molar-refractivity contribution in [2.24, 2.45) is 5.92 Å². The molecule has 3 nitrogen and oxygen atoms in total. The molecule has 0 N–H and O–H groups in total. The number of hydrogen-bond acceptors (Lipinski definition) is 2. The van der Waals surface area contributed by atoms with Crippen LogP contribution in [-0.4, -0.2) is 27.5 Å². The lowest BCUT2D eigenvalue weighted by molar-refractivity contribution is 0.291. The van der Waals surface area contributed by atoms with Crippen LogP contribution in [0.2, 0.25) is 0 Å². The van der Waals surface area contributed by atoms with Crippen molar-refractivity contribution < 1.29 is 0 Å². The number of imidazole rings is 1. The zero-order valence-corrected chi connectivity index (χ0v) is 11.4. The van der Waals surface area contributed by atoms with Crippen molar-refractivity contribution in [3.8, 4) is 0 Å². The lowest BCUT2D eigenvalue weighted by Crippen LogP contribution is -2.23. The van der Waals surface area contributed by atoms with Gasteiger partial charge < -0.3 is 4.57 Å². The summed E-state index contributed by atoms with van der Waals surface area (Å²) in [7, 11) is 0. The van der Waals surface area contributed by atoms with E-state index in [0.29, 0.717) is 0 Å². The Labute approximate surface area is 110 Å². The molecule has 2 fully saturated rings. The van der Waals surface area contributed by atoms with E-state index in [2.05, 4.69) is 20.6 Å². The van der Waals surface area contributed by atoms with Crippen LogP contribution in [0.4, 0.5) is 0 Å². The molecular formula is C15H25N3. The Morgan fingerprint density at radius 3 is 2.61 bits per heavy atom. The largest absolute Gasteiger partial charge is 0.334 e. The molecule has 1 aliphatic heterocycles. The van der Waals surface area contributed by atoms with Crippen LogP contribution in [0, 0.1) is 5.92 Å². The monoisotopic (exact) mass is 247 g/mol. The van der Waals surface area contributed by atoms with Gasteiger partial charge in [0.25, 0.3) is 0 Å². The van der Waals surface area contributed by atoms with Gasteiger partial charge in [-0.3, -0.25) is 4.90 Å². The summed E-state index contributed by atoms with van der Waals surface area (Å²) < 4.78 is 2.41. The second kappa shape index (κ2) is 5.87. The summed E-state index contributed by atoms with van der Waals surface area (Å²) in [5.74, 6) is 2.17. The van der Waals surface area contributed by atoms with Crippen LogP contribution in [0.15, 0.2) is 12.4 Å². The summed E-state index contributed by atoms with van der Waals surface area (Å²) in [6, 6.07) is 0. The molecule has 18 heavy (non-hydrogen) atoms. The lowest BCUT2D eigenvalue weighted by Gasteiger charge is -2.23. The van der Waals surface area contributed by atoms with Gasteiger partial charge in [-0.15, -0.1) is 0 Å². The Balaban J connectivity index is 1.59. The maximum Gasteiger partial charge on any atom is 0.122 e. The van der Waals surface area contributed by atoms with Crippen LogP contribution < -0.4 is 0 Å². The van der Waals surface area contributed by atoms with Crippen LogP contribution in [0.5, 0.6) is 0 Å². The molecule has 0 amide bonds. The van der Waals surface area contributed by atoms with Gasteiger partial charge in [0.15, 0.2) is 0 Å². The average molecular weight is 247 g/mol. The van der Waals surface area contributed by atoms with E-state index in [1.54, 1.807) is 0 Å². The number of rotatable bonds is 4. The fourth-order valence-corrected chi connectivity index (χ4v) is 3.45. The predicted molar refractivity (Wildman–Crippen MR) is 73.3 cm³/mol. The third-order valence-corrected chi connectivity index (χ3v) is 4.55. The molecule has 2 aliphatic rings. The Morgan fingerprint density at radius 2 is 1.83 bits per heavy atom. The summed E-state index contributed by atoms with van der Waals surface area (Å²) in [5.41, 5.74) is 0. The molecule has 1 aromatic heterocycles. The van der Waals surface area contributed by atoms with Gasteiger partial charge in [-0.25, -0.2) is 4.98 Å². The van der Waals surface area contributed by atoms with Crippen LogP contribution >= 0.6 is 0 Å². The van der Waals surface area contributed by atoms with E-state index in [0.717, 1.165) is 12.5 Å². The molecule has 2 heterocycles. The summed E-state index contributed by atoms with van der Waals surface area (Å²) in [6.45, 7) is 4.77. The first-order chi connectivity index (χ1) is 8.92. The van der Waals surface area contributed by atoms with Crippen LogP contribution in [0.3, 0.4) is 0 Å². The zero-order valence-electron chi connectivity index (χ0n) is 11.4. The quantitative estimate of drug-likeness (QED) is 0.815. The Morgan fingerprint density at radius 1 is 1.06 bits per heavy atom. The van der Waals surface area contributed by atoms with Crippen molar-refractivity contribution >= 4 is 0 Å². The summed E-state index contributed by atoms with van der Waals surface area (Å²) in [5, 5.41) is 0. The molecule has 1 aliphatic carbocycles. The molecule has 0 aromatic carbocycles. The van der Waals surface area contributed by atoms with Crippen LogP contribution in [-0.2, 0) is 13.1 Å². The van der Waals surface area contributed by atoms with Crippen molar-refractivity contribution in [2.75, 3.05) is 13.1 Å². The Kier molecular flexibility index (Phi) is 3.99. The average Bonchev–Trinajstić information content (AvgIpc) is 3.04. The molecule has 1 saturated carbocycles. The van der Waals surface area contributed by atoms with Gasteiger partial charge in [-0.1, -0.05) is 19.3 Å². The van der Waals surface area contributed by atoms with Gasteiger partial charge in [0.2, 0.25) is 0 Å². The zero-order chi connectivity index (χ0) is 12.2. The lowest BCUT2D eigenvalue weighted by atomic mass is 9.89. The van der Waals surface area contributed by atoms with Gasteiger partial charge in [0.1, 0.15) is 5.82 Å². The van der Waals surface area contributed by atoms with E-state index >= 15 is 0 Å². The third-order valence-electron chi connectivity index (χ3n) is 4.55. The van der Waals surface area contributed by atoms with Crippen molar-refractivity contribution in [3.63, 3.8) is 0 Å². The van der Waals surface area contributed by atoms with Crippen molar-refractivity contribution in [1.82, 2.24) is 14.5 Å². The van der Waals surface area contributed by atoms with Gasteiger partial charge in [0, 0.05) is 18.9 Å². The van der Waals surface area contributed by atoms with E-state index < -0.39 is 0 Å². The van der Waals surface area contributed by atoms with Crippen molar-refractivity contribution in [3.05, 3.63) is 18.2 Å². The number of nitrogens with zero attached hydrogens (tertiary/aromatic N) is 3. The Hall–Kier alpha value is -0.830. The van der Waals surface area contributed by atoms with E-state index in [-0.39, 0.29) is 0 Å². The maximum atomic E-state index is 4.57. The minimum Gasteiger partial charge on any atom is -0.334 e. The topological polar surface area (TPSA) is 21.1 Å². The number of hydrogen-bond donors (Lipinski definition) is 0. The van der Waals surface area contributed by atoms with Crippen molar-refractivity contribution in [2.45, 2.75) is 58.0 Å². The highest BCUT2D eigenvalue weighted by molar-refractivity contribution is 4.94. The second-order valence-electron chi connectivity index (χ2n) is 5.98. The van der Waals surface area contributed by atoms with Crippen LogP contribution in [0.1, 0.15) is 50.8 Å². The minimum absolute atomic E-state index is 0.894. The van der Waals surface area contributed by atoms with Gasteiger partial charge in [-0.2, -0.15) is 0 Å². The summed E-state index contributed by atoms with van der Waals surface area (Å²) >= 11 is 0. The molecule has 0 radical (unpaired) electrons. The molecule has 3 rings (SSSR count). The van der Waals surface area contributed by atoms with Gasteiger partial charge in [-0.05, 0) is 44.7 Å². The van der Waals surface area contributed by atoms with Gasteiger partial charge in [0.05, 0.1) is 6.54 Å². The molecule has 0 spiro atoms.